The first-order valence-electron chi connectivity index (χ1n) is 4.70. The molecule has 1 heteroatoms. The lowest BCUT2D eigenvalue weighted by atomic mass is 9.99. The molecule has 74 valence electrons. The Morgan fingerprint density at radius 1 is 1.54 bits per heavy atom. The van der Waals surface area contributed by atoms with Crippen LogP contribution in [0.1, 0.15) is 33.6 Å². The summed E-state index contributed by atoms with van der Waals surface area (Å²) in [6.45, 7) is 9.46. The van der Waals surface area contributed by atoms with Crippen molar-refractivity contribution < 1.29 is 5.11 Å². The lowest BCUT2D eigenvalue weighted by Crippen LogP contribution is -2.21. The molecule has 0 saturated heterocycles. The summed E-state index contributed by atoms with van der Waals surface area (Å²) >= 11 is 0. The Kier molecular flexibility index (Phi) is 5.40. The van der Waals surface area contributed by atoms with Gasteiger partial charge in [-0.05, 0) is 26.7 Å². The van der Waals surface area contributed by atoms with Gasteiger partial charge < -0.3 is 5.11 Å². The molecule has 0 aliphatic rings. The van der Waals surface area contributed by atoms with Crippen LogP contribution in [0.3, 0.4) is 0 Å². The quantitative estimate of drug-likeness (QED) is 0.644. The van der Waals surface area contributed by atoms with Crippen LogP contribution in [0.4, 0.5) is 0 Å². The van der Waals surface area contributed by atoms with Gasteiger partial charge in [0.1, 0.15) is 0 Å². The van der Waals surface area contributed by atoms with Crippen molar-refractivity contribution in [1.82, 2.24) is 0 Å². The normalized spacial score (nSPS) is 17.4. The molecular formula is C12H20O. The summed E-state index contributed by atoms with van der Waals surface area (Å²) in [6.07, 6.45) is 9.19. The van der Waals surface area contributed by atoms with Gasteiger partial charge in [-0.1, -0.05) is 43.4 Å². The Morgan fingerprint density at radius 2 is 2.15 bits per heavy atom. The zero-order valence-electron chi connectivity index (χ0n) is 8.88. The van der Waals surface area contributed by atoms with Gasteiger partial charge in [0.15, 0.2) is 0 Å². The van der Waals surface area contributed by atoms with E-state index in [2.05, 4.69) is 6.58 Å². The van der Waals surface area contributed by atoms with Crippen molar-refractivity contribution in [2.24, 2.45) is 0 Å². The van der Waals surface area contributed by atoms with Gasteiger partial charge >= 0.3 is 0 Å². The van der Waals surface area contributed by atoms with Crippen LogP contribution in [0.15, 0.2) is 36.5 Å². The molecule has 1 atom stereocenters. The summed E-state index contributed by atoms with van der Waals surface area (Å²) in [5.74, 6) is 0. The second-order valence-electron chi connectivity index (χ2n) is 3.60. The van der Waals surface area contributed by atoms with E-state index in [0.29, 0.717) is 6.42 Å². The van der Waals surface area contributed by atoms with E-state index in [1.165, 1.54) is 0 Å². The highest BCUT2D eigenvalue weighted by molar-refractivity contribution is 5.20. The number of rotatable bonds is 5. The second kappa shape index (κ2) is 5.76. The molecule has 0 rings (SSSR count). The van der Waals surface area contributed by atoms with Crippen LogP contribution in [0, 0.1) is 0 Å². The minimum absolute atomic E-state index is 0.565. The fourth-order valence-corrected chi connectivity index (χ4v) is 0.884. The molecule has 1 nitrogen and oxygen atoms in total. The summed E-state index contributed by atoms with van der Waals surface area (Å²) < 4.78 is 0. The lowest BCUT2D eigenvalue weighted by molar-refractivity contribution is 0.0592. The first kappa shape index (κ1) is 12.2. The zero-order valence-corrected chi connectivity index (χ0v) is 8.88. The smallest absolute Gasteiger partial charge is 0.0651 e. The third-order valence-corrected chi connectivity index (χ3v) is 2.08. The van der Waals surface area contributed by atoms with Gasteiger partial charge in [-0.25, -0.2) is 0 Å². The Morgan fingerprint density at radius 3 is 2.62 bits per heavy atom. The first-order valence-corrected chi connectivity index (χ1v) is 4.70. The molecule has 1 N–H and O–H groups in total. The molecule has 0 bridgehead atoms. The highest BCUT2D eigenvalue weighted by Gasteiger charge is 2.14. The van der Waals surface area contributed by atoms with Crippen molar-refractivity contribution in [3.05, 3.63) is 36.5 Å². The summed E-state index contributed by atoms with van der Waals surface area (Å²) in [6, 6.07) is 0. The van der Waals surface area contributed by atoms with Crippen LogP contribution in [-0.4, -0.2) is 10.7 Å². The second-order valence-corrected chi connectivity index (χ2v) is 3.60. The zero-order chi connectivity index (χ0) is 10.3. The lowest BCUT2D eigenvalue weighted by Gasteiger charge is -2.18. The van der Waals surface area contributed by atoms with Crippen LogP contribution >= 0.6 is 0 Å². The SMILES string of the molecule is C=CC=C(C)C=CCC(C)(O)CC. The fraction of sp³-hybridized carbons (Fsp3) is 0.500. The van der Waals surface area contributed by atoms with Crippen molar-refractivity contribution >= 4 is 0 Å². The number of hydrogen-bond acceptors (Lipinski definition) is 1. The Balaban J connectivity index is 4.01. The summed E-state index contributed by atoms with van der Waals surface area (Å²) in [4.78, 5) is 0. The van der Waals surface area contributed by atoms with Crippen LogP contribution in [-0.2, 0) is 0 Å². The molecule has 0 saturated carbocycles. The summed E-state index contributed by atoms with van der Waals surface area (Å²) in [5.41, 5.74) is 0.590. The Hall–Kier alpha value is -0.820. The minimum Gasteiger partial charge on any atom is -0.390 e. The van der Waals surface area contributed by atoms with Gasteiger partial charge in [0, 0.05) is 0 Å². The maximum atomic E-state index is 9.68. The van der Waals surface area contributed by atoms with E-state index in [1.807, 2.05) is 39.0 Å². The van der Waals surface area contributed by atoms with Crippen LogP contribution in [0.2, 0.25) is 0 Å². The third-order valence-electron chi connectivity index (χ3n) is 2.08. The molecule has 0 aliphatic heterocycles. The Labute approximate surface area is 81.5 Å². The van der Waals surface area contributed by atoms with E-state index in [4.69, 9.17) is 0 Å². The summed E-state index contributed by atoms with van der Waals surface area (Å²) in [5, 5.41) is 9.68. The van der Waals surface area contributed by atoms with Gasteiger partial charge in [-0.15, -0.1) is 0 Å². The average Bonchev–Trinajstić information content (AvgIpc) is 2.05. The van der Waals surface area contributed by atoms with Crippen LogP contribution in [0.25, 0.3) is 0 Å². The molecule has 1 unspecified atom stereocenters. The van der Waals surface area contributed by atoms with Crippen molar-refractivity contribution in [3.8, 4) is 0 Å². The molecule has 0 spiro atoms. The van der Waals surface area contributed by atoms with E-state index in [9.17, 15) is 5.11 Å². The molecule has 0 heterocycles. The molecule has 0 radical (unpaired) electrons. The van der Waals surface area contributed by atoms with Crippen molar-refractivity contribution in [2.45, 2.75) is 39.2 Å². The van der Waals surface area contributed by atoms with Crippen molar-refractivity contribution in [2.75, 3.05) is 0 Å². The molecular weight excluding hydrogens is 160 g/mol. The molecule has 13 heavy (non-hydrogen) atoms. The van der Waals surface area contributed by atoms with Crippen LogP contribution < -0.4 is 0 Å². The summed E-state index contributed by atoms with van der Waals surface area (Å²) in [7, 11) is 0. The van der Waals surface area contributed by atoms with Gasteiger partial charge in [-0.2, -0.15) is 0 Å². The maximum absolute atomic E-state index is 9.68. The van der Waals surface area contributed by atoms with E-state index in [0.717, 1.165) is 12.0 Å². The fourth-order valence-electron chi connectivity index (χ4n) is 0.884. The molecule has 0 amide bonds. The van der Waals surface area contributed by atoms with E-state index >= 15 is 0 Å². The average molecular weight is 180 g/mol. The highest BCUT2D eigenvalue weighted by Crippen LogP contribution is 2.14. The topological polar surface area (TPSA) is 20.2 Å². The molecule has 0 aromatic heterocycles. The van der Waals surface area contributed by atoms with Gasteiger partial charge in [0.25, 0.3) is 0 Å². The molecule has 0 aliphatic carbocycles. The first-order chi connectivity index (χ1) is 6.02. The molecule has 0 fully saturated rings. The highest BCUT2D eigenvalue weighted by atomic mass is 16.3. The molecule has 0 aromatic carbocycles. The van der Waals surface area contributed by atoms with Gasteiger partial charge in [0.2, 0.25) is 0 Å². The predicted octanol–water partition coefficient (Wildman–Crippen LogP) is 3.23. The monoisotopic (exact) mass is 180 g/mol. The van der Waals surface area contributed by atoms with E-state index in [-0.39, 0.29) is 0 Å². The molecule has 0 aromatic rings. The number of hydrogen-bond donors (Lipinski definition) is 1. The maximum Gasteiger partial charge on any atom is 0.0651 e. The van der Waals surface area contributed by atoms with Gasteiger partial charge in [-0.3, -0.25) is 0 Å². The van der Waals surface area contributed by atoms with Gasteiger partial charge in [0.05, 0.1) is 5.60 Å². The van der Waals surface area contributed by atoms with Crippen molar-refractivity contribution in [3.63, 3.8) is 0 Å². The number of allylic oxidation sites excluding steroid dienone is 4. The predicted molar refractivity (Wildman–Crippen MR) is 58.6 cm³/mol. The van der Waals surface area contributed by atoms with Crippen LogP contribution in [0.5, 0.6) is 0 Å². The minimum atomic E-state index is -0.565. The van der Waals surface area contributed by atoms with Crippen molar-refractivity contribution in [1.29, 1.82) is 0 Å². The third kappa shape index (κ3) is 6.35. The Bertz CT molecular complexity index is 209. The van der Waals surface area contributed by atoms with E-state index in [1.54, 1.807) is 6.08 Å². The largest absolute Gasteiger partial charge is 0.390 e. The van der Waals surface area contributed by atoms with E-state index < -0.39 is 5.60 Å². The number of aliphatic hydroxyl groups is 1. The standard InChI is InChI=1S/C12H20O/c1-5-8-11(3)9-7-10-12(4,13)6-2/h5,7-9,13H,1,6,10H2,2-4H3.